The number of hydrogen-bond donors (Lipinski definition) is 0. The lowest BCUT2D eigenvalue weighted by Crippen LogP contribution is -2.03. The standard InChI is InChI=1S/C22H13NO5/c1-26-21(24)13-7-9-19-17(10-13)23-20(27-19)16-11-15-14-5-3-2-4-12(14)6-8-18(15)28-22(16)25/h2-11H,1H3. The summed E-state index contributed by atoms with van der Waals surface area (Å²) in [5.74, 6) is -0.330. The van der Waals surface area contributed by atoms with Crippen LogP contribution in [0.2, 0.25) is 0 Å². The number of ether oxygens (including phenoxy) is 1. The summed E-state index contributed by atoms with van der Waals surface area (Å²) >= 11 is 0. The molecule has 0 atom stereocenters. The summed E-state index contributed by atoms with van der Waals surface area (Å²) in [5.41, 5.74) is 1.44. The van der Waals surface area contributed by atoms with Gasteiger partial charge in [-0.2, -0.15) is 0 Å². The molecule has 136 valence electrons. The van der Waals surface area contributed by atoms with E-state index in [-0.39, 0.29) is 11.5 Å². The van der Waals surface area contributed by atoms with Crippen LogP contribution >= 0.6 is 0 Å². The van der Waals surface area contributed by atoms with Gasteiger partial charge in [-0.1, -0.05) is 30.3 Å². The largest absolute Gasteiger partial charge is 0.465 e. The monoisotopic (exact) mass is 371 g/mol. The van der Waals surface area contributed by atoms with Gasteiger partial charge in [-0.05, 0) is 41.1 Å². The van der Waals surface area contributed by atoms with Crippen molar-refractivity contribution in [3.8, 4) is 11.5 Å². The lowest BCUT2D eigenvalue weighted by atomic mass is 10.0. The van der Waals surface area contributed by atoms with Crippen LogP contribution < -0.4 is 5.63 Å². The second-order valence-electron chi connectivity index (χ2n) is 6.34. The van der Waals surface area contributed by atoms with E-state index in [9.17, 15) is 9.59 Å². The second-order valence-corrected chi connectivity index (χ2v) is 6.34. The molecule has 6 heteroatoms. The summed E-state index contributed by atoms with van der Waals surface area (Å²) in [6.07, 6.45) is 0. The van der Waals surface area contributed by atoms with Crippen molar-refractivity contribution in [2.45, 2.75) is 0 Å². The van der Waals surface area contributed by atoms with Gasteiger partial charge < -0.3 is 13.6 Å². The molecule has 0 saturated carbocycles. The van der Waals surface area contributed by atoms with E-state index in [4.69, 9.17) is 13.6 Å². The molecule has 5 rings (SSSR count). The van der Waals surface area contributed by atoms with Crippen molar-refractivity contribution in [2.75, 3.05) is 7.11 Å². The van der Waals surface area contributed by atoms with Crippen LogP contribution in [0.15, 0.2) is 74.3 Å². The summed E-state index contributed by atoms with van der Waals surface area (Å²) in [7, 11) is 1.31. The summed E-state index contributed by atoms with van der Waals surface area (Å²) in [5, 5.41) is 2.80. The van der Waals surface area contributed by atoms with Crippen molar-refractivity contribution in [2.24, 2.45) is 0 Å². The molecule has 0 bridgehead atoms. The molecule has 2 aromatic heterocycles. The van der Waals surface area contributed by atoms with E-state index in [0.717, 1.165) is 16.2 Å². The van der Waals surface area contributed by atoms with Gasteiger partial charge in [0.15, 0.2) is 5.58 Å². The quantitative estimate of drug-likeness (QED) is 0.257. The minimum absolute atomic E-state index is 0.139. The van der Waals surface area contributed by atoms with Crippen molar-refractivity contribution in [3.63, 3.8) is 0 Å². The van der Waals surface area contributed by atoms with Crippen LogP contribution in [0.3, 0.4) is 0 Å². The third kappa shape index (κ3) is 2.46. The number of esters is 1. The zero-order chi connectivity index (χ0) is 19.3. The number of rotatable bonds is 2. The molecular weight excluding hydrogens is 358 g/mol. The topological polar surface area (TPSA) is 82.5 Å². The Hall–Kier alpha value is -3.93. The molecule has 0 N–H and O–H groups in total. The Labute approximate surface area is 158 Å². The zero-order valence-electron chi connectivity index (χ0n) is 14.8. The highest BCUT2D eigenvalue weighted by atomic mass is 16.5. The van der Waals surface area contributed by atoms with Crippen molar-refractivity contribution in [3.05, 3.63) is 76.6 Å². The van der Waals surface area contributed by atoms with E-state index in [0.29, 0.717) is 22.2 Å². The van der Waals surface area contributed by atoms with E-state index in [1.54, 1.807) is 30.3 Å². The maximum atomic E-state index is 12.5. The summed E-state index contributed by atoms with van der Waals surface area (Å²) < 4.78 is 16.0. The van der Waals surface area contributed by atoms with E-state index in [1.807, 2.05) is 30.3 Å². The fraction of sp³-hybridized carbons (Fsp3) is 0.0455. The normalized spacial score (nSPS) is 11.3. The average Bonchev–Trinajstić information content (AvgIpc) is 3.15. The molecule has 0 radical (unpaired) electrons. The zero-order valence-corrected chi connectivity index (χ0v) is 14.8. The third-order valence-electron chi connectivity index (χ3n) is 4.68. The Morgan fingerprint density at radius 1 is 0.929 bits per heavy atom. The van der Waals surface area contributed by atoms with Crippen LogP contribution in [0.1, 0.15) is 10.4 Å². The molecular formula is C22H13NO5. The summed E-state index contributed by atoms with van der Waals surface area (Å²) in [6.45, 7) is 0. The van der Waals surface area contributed by atoms with E-state index in [1.165, 1.54) is 7.11 Å². The molecule has 5 aromatic rings. The van der Waals surface area contributed by atoms with Gasteiger partial charge in [0.1, 0.15) is 16.7 Å². The number of nitrogens with zero attached hydrogens (tertiary/aromatic N) is 1. The molecule has 0 spiro atoms. The fourth-order valence-electron chi connectivity index (χ4n) is 3.31. The van der Waals surface area contributed by atoms with Crippen LogP contribution in [0.5, 0.6) is 0 Å². The van der Waals surface area contributed by atoms with Gasteiger partial charge in [-0.25, -0.2) is 14.6 Å². The highest BCUT2D eigenvalue weighted by molar-refractivity contribution is 6.06. The summed E-state index contributed by atoms with van der Waals surface area (Å²) in [6, 6.07) is 18.0. The maximum Gasteiger partial charge on any atom is 0.349 e. The number of oxazole rings is 1. The lowest BCUT2D eigenvalue weighted by Gasteiger charge is -2.03. The molecule has 0 amide bonds. The molecule has 0 aliphatic carbocycles. The average molecular weight is 371 g/mol. The van der Waals surface area contributed by atoms with Crippen molar-refractivity contribution in [1.29, 1.82) is 0 Å². The number of methoxy groups -OCH3 is 1. The molecule has 3 aromatic carbocycles. The van der Waals surface area contributed by atoms with Crippen LogP contribution in [0, 0.1) is 0 Å². The van der Waals surface area contributed by atoms with Crippen LogP contribution in [0.4, 0.5) is 0 Å². The first kappa shape index (κ1) is 16.3. The van der Waals surface area contributed by atoms with Crippen molar-refractivity contribution >= 4 is 38.8 Å². The summed E-state index contributed by atoms with van der Waals surface area (Å²) in [4.78, 5) is 28.6. The molecule has 28 heavy (non-hydrogen) atoms. The Bertz CT molecular complexity index is 1440. The predicted molar refractivity (Wildman–Crippen MR) is 104 cm³/mol. The van der Waals surface area contributed by atoms with Crippen molar-refractivity contribution in [1.82, 2.24) is 4.98 Å². The first-order valence-corrected chi connectivity index (χ1v) is 8.59. The van der Waals surface area contributed by atoms with Crippen LogP contribution in [-0.4, -0.2) is 18.1 Å². The predicted octanol–water partition coefficient (Wildman–Crippen LogP) is 4.54. The minimum atomic E-state index is -0.539. The van der Waals surface area contributed by atoms with Crippen molar-refractivity contribution < 1.29 is 18.4 Å². The van der Waals surface area contributed by atoms with Crippen LogP contribution in [0.25, 0.3) is 44.3 Å². The highest BCUT2D eigenvalue weighted by Crippen LogP contribution is 2.29. The first-order chi connectivity index (χ1) is 13.6. The van der Waals surface area contributed by atoms with E-state index >= 15 is 0 Å². The minimum Gasteiger partial charge on any atom is -0.465 e. The molecule has 2 heterocycles. The van der Waals surface area contributed by atoms with E-state index in [2.05, 4.69) is 4.98 Å². The Morgan fingerprint density at radius 3 is 2.61 bits per heavy atom. The first-order valence-electron chi connectivity index (χ1n) is 8.59. The lowest BCUT2D eigenvalue weighted by molar-refractivity contribution is 0.0601. The molecule has 0 aliphatic rings. The molecule has 6 nitrogen and oxygen atoms in total. The Morgan fingerprint density at radius 2 is 1.75 bits per heavy atom. The number of benzene rings is 3. The van der Waals surface area contributed by atoms with Gasteiger partial charge in [0.25, 0.3) is 0 Å². The van der Waals surface area contributed by atoms with Gasteiger partial charge in [0.05, 0.1) is 12.7 Å². The van der Waals surface area contributed by atoms with Gasteiger partial charge in [-0.15, -0.1) is 0 Å². The smallest absolute Gasteiger partial charge is 0.349 e. The van der Waals surface area contributed by atoms with Gasteiger partial charge in [-0.3, -0.25) is 0 Å². The number of aromatic nitrogens is 1. The third-order valence-corrected chi connectivity index (χ3v) is 4.68. The second kappa shape index (κ2) is 6.06. The van der Waals surface area contributed by atoms with E-state index < -0.39 is 11.6 Å². The van der Waals surface area contributed by atoms with Gasteiger partial charge >= 0.3 is 11.6 Å². The SMILES string of the molecule is COC(=O)c1ccc2oc(-c3cc4c(ccc5ccccc54)oc3=O)nc2c1. The van der Waals surface area contributed by atoms with Gasteiger partial charge in [0, 0.05) is 5.39 Å². The van der Waals surface area contributed by atoms with Crippen LogP contribution in [-0.2, 0) is 4.74 Å². The fourth-order valence-corrected chi connectivity index (χ4v) is 3.31. The molecule has 0 fully saturated rings. The highest BCUT2D eigenvalue weighted by Gasteiger charge is 2.17. The maximum absolute atomic E-state index is 12.5. The Balaban J connectivity index is 1.74. The molecule has 0 saturated heterocycles. The number of fused-ring (bicyclic) bond motifs is 4. The Kier molecular flexibility index (Phi) is 3.52. The molecule has 0 aliphatic heterocycles. The number of hydrogen-bond acceptors (Lipinski definition) is 6. The van der Waals surface area contributed by atoms with Gasteiger partial charge in [0.2, 0.25) is 5.89 Å². The number of carbonyl (C=O) groups is 1. The molecule has 0 unspecified atom stereocenters. The number of carbonyl (C=O) groups excluding carboxylic acids is 1.